The smallest absolute Gasteiger partial charge is 0.180 e. The maximum absolute atomic E-state index is 5.83. The van der Waals surface area contributed by atoms with Crippen LogP contribution in [0.5, 0.6) is 11.5 Å². The van der Waals surface area contributed by atoms with E-state index in [1.165, 1.54) is 11.3 Å². The van der Waals surface area contributed by atoms with Crippen molar-refractivity contribution < 1.29 is 14.3 Å². The van der Waals surface area contributed by atoms with Crippen LogP contribution in [0.1, 0.15) is 10.4 Å². The van der Waals surface area contributed by atoms with Crippen LogP contribution in [0.4, 0.5) is 0 Å². The zero-order chi connectivity index (χ0) is 14.7. The molecular formula is C14H13BrN2O3S. The lowest BCUT2D eigenvalue weighted by Crippen LogP contribution is -2.15. The third-order valence-electron chi connectivity index (χ3n) is 2.87. The topological polar surface area (TPSA) is 66.1 Å². The summed E-state index contributed by atoms with van der Waals surface area (Å²) in [7, 11) is 0. The molecule has 7 heteroatoms. The second-order valence-electron chi connectivity index (χ2n) is 4.31. The highest BCUT2D eigenvalue weighted by Crippen LogP contribution is 2.35. The summed E-state index contributed by atoms with van der Waals surface area (Å²) in [4.78, 5) is 6.21. The van der Waals surface area contributed by atoms with Gasteiger partial charge in [-0.1, -0.05) is 27.2 Å². The van der Waals surface area contributed by atoms with Gasteiger partial charge in [0.05, 0.1) is 4.88 Å². The largest absolute Gasteiger partial charge is 0.486 e. The van der Waals surface area contributed by atoms with Crippen LogP contribution in [0.25, 0.3) is 0 Å². The fourth-order valence-electron chi connectivity index (χ4n) is 1.86. The van der Waals surface area contributed by atoms with E-state index in [2.05, 4.69) is 21.1 Å². The predicted molar refractivity (Wildman–Crippen MR) is 85.0 cm³/mol. The van der Waals surface area contributed by atoms with Crippen molar-refractivity contribution in [3.05, 3.63) is 44.6 Å². The van der Waals surface area contributed by atoms with Crippen molar-refractivity contribution in [2.75, 3.05) is 13.2 Å². The van der Waals surface area contributed by atoms with Gasteiger partial charge in [-0.15, -0.1) is 11.3 Å². The zero-order valence-electron chi connectivity index (χ0n) is 11.0. The summed E-state index contributed by atoms with van der Waals surface area (Å²) in [6.07, 6.45) is 0. The molecule has 0 radical (unpaired) electrons. The molecule has 0 saturated heterocycles. The van der Waals surface area contributed by atoms with Gasteiger partial charge in [0.1, 0.15) is 19.8 Å². The third kappa shape index (κ3) is 3.30. The third-order valence-corrected chi connectivity index (χ3v) is 4.50. The number of benzene rings is 1. The molecule has 2 N–H and O–H groups in total. The highest BCUT2D eigenvalue weighted by Gasteiger charge is 2.15. The van der Waals surface area contributed by atoms with Gasteiger partial charge < -0.3 is 20.0 Å². The number of ether oxygens (including phenoxy) is 2. The van der Waals surface area contributed by atoms with Gasteiger partial charge in [-0.3, -0.25) is 0 Å². The van der Waals surface area contributed by atoms with Crippen molar-refractivity contribution in [1.82, 2.24) is 0 Å². The van der Waals surface area contributed by atoms with Gasteiger partial charge in [-0.2, -0.15) is 0 Å². The number of oxime groups is 1. The van der Waals surface area contributed by atoms with E-state index in [0.29, 0.717) is 25.7 Å². The van der Waals surface area contributed by atoms with Gasteiger partial charge in [0.25, 0.3) is 0 Å². The second-order valence-corrected chi connectivity index (χ2v) is 6.12. The Bertz CT molecular complexity index is 658. The normalized spacial score (nSPS) is 14.0. The summed E-state index contributed by atoms with van der Waals surface area (Å²) in [5.74, 6) is 1.83. The number of nitrogens with two attached hydrogens (primary N) is 1. The molecule has 1 aromatic carbocycles. The molecule has 1 aromatic heterocycles. The van der Waals surface area contributed by atoms with Crippen molar-refractivity contribution in [3.8, 4) is 11.5 Å². The SMILES string of the molecule is NC(=NOCc1cc2c(cc1Br)OCCO2)c1cccs1. The Balaban J connectivity index is 1.69. The molecule has 0 amide bonds. The highest BCUT2D eigenvalue weighted by atomic mass is 79.9. The Morgan fingerprint density at radius 2 is 2.10 bits per heavy atom. The second kappa shape index (κ2) is 6.36. The molecule has 0 saturated carbocycles. The van der Waals surface area contributed by atoms with E-state index in [4.69, 9.17) is 20.0 Å². The van der Waals surface area contributed by atoms with Gasteiger partial charge in [0.15, 0.2) is 17.3 Å². The molecule has 0 spiro atoms. The zero-order valence-corrected chi connectivity index (χ0v) is 13.4. The fraction of sp³-hybridized carbons (Fsp3) is 0.214. The standard InChI is InChI=1S/C14H13BrN2O3S/c15-10-7-12-11(18-3-4-19-12)6-9(10)8-20-17-14(16)13-2-1-5-21-13/h1-2,5-7H,3-4,8H2,(H2,16,17). The maximum atomic E-state index is 5.83. The minimum Gasteiger partial charge on any atom is -0.486 e. The van der Waals surface area contributed by atoms with Crippen LogP contribution >= 0.6 is 27.3 Å². The van der Waals surface area contributed by atoms with E-state index >= 15 is 0 Å². The van der Waals surface area contributed by atoms with E-state index in [-0.39, 0.29) is 0 Å². The van der Waals surface area contributed by atoms with Crippen molar-refractivity contribution in [2.24, 2.45) is 10.9 Å². The molecule has 5 nitrogen and oxygen atoms in total. The van der Waals surface area contributed by atoms with Crippen LogP contribution in [-0.2, 0) is 11.4 Å². The summed E-state index contributed by atoms with van der Waals surface area (Å²) in [5.41, 5.74) is 6.75. The predicted octanol–water partition coefficient (Wildman–Crippen LogP) is 3.12. The number of fused-ring (bicyclic) bond motifs is 1. The van der Waals surface area contributed by atoms with Crippen molar-refractivity contribution in [3.63, 3.8) is 0 Å². The average Bonchev–Trinajstić information content (AvgIpc) is 3.02. The lowest BCUT2D eigenvalue weighted by molar-refractivity contribution is 0.128. The molecule has 0 fully saturated rings. The molecule has 0 atom stereocenters. The summed E-state index contributed by atoms with van der Waals surface area (Å²) in [5, 5.41) is 5.87. The minimum atomic E-state index is 0.295. The molecule has 21 heavy (non-hydrogen) atoms. The lowest BCUT2D eigenvalue weighted by atomic mass is 10.2. The fourth-order valence-corrected chi connectivity index (χ4v) is 2.91. The number of nitrogens with zero attached hydrogens (tertiary/aromatic N) is 1. The molecule has 0 bridgehead atoms. The number of hydrogen-bond acceptors (Lipinski definition) is 5. The molecule has 2 heterocycles. The minimum absolute atomic E-state index is 0.295. The van der Waals surface area contributed by atoms with Gasteiger partial charge in [-0.25, -0.2) is 0 Å². The molecule has 110 valence electrons. The number of thiophene rings is 1. The first-order valence-electron chi connectivity index (χ1n) is 6.31. The Kier molecular flexibility index (Phi) is 4.31. The molecule has 3 rings (SSSR count). The van der Waals surface area contributed by atoms with Gasteiger partial charge in [0.2, 0.25) is 0 Å². The first kappa shape index (κ1) is 14.2. The maximum Gasteiger partial charge on any atom is 0.180 e. The summed E-state index contributed by atoms with van der Waals surface area (Å²) >= 11 is 5.01. The van der Waals surface area contributed by atoms with Gasteiger partial charge >= 0.3 is 0 Å². The summed E-state index contributed by atoms with van der Waals surface area (Å²) in [6, 6.07) is 7.57. The van der Waals surface area contributed by atoms with E-state index in [9.17, 15) is 0 Å². The molecule has 2 aromatic rings. The van der Waals surface area contributed by atoms with Crippen LogP contribution in [0, 0.1) is 0 Å². The Hall–Kier alpha value is -1.73. The molecule has 0 unspecified atom stereocenters. The first-order chi connectivity index (χ1) is 10.2. The van der Waals surface area contributed by atoms with E-state index in [1.54, 1.807) is 0 Å². The number of hydrogen-bond donors (Lipinski definition) is 1. The van der Waals surface area contributed by atoms with E-state index < -0.39 is 0 Å². The van der Waals surface area contributed by atoms with Crippen LogP contribution in [0.2, 0.25) is 0 Å². The van der Waals surface area contributed by atoms with Crippen LogP contribution in [-0.4, -0.2) is 19.0 Å². The molecule has 1 aliphatic rings. The number of rotatable bonds is 4. The monoisotopic (exact) mass is 368 g/mol. The van der Waals surface area contributed by atoms with Gasteiger partial charge in [0, 0.05) is 10.0 Å². The van der Waals surface area contributed by atoms with Crippen LogP contribution in [0.3, 0.4) is 0 Å². The van der Waals surface area contributed by atoms with Gasteiger partial charge in [-0.05, 0) is 23.6 Å². The lowest BCUT2D eigenvalue weighted by Gasteiger charge is -2.19. The average molecular weight is 369 g/mol. The van der Waals surface area contributed by atoms with E-state index in [1.807, 2.05) is 29.6 Å². The first-order valence-corrected chi connectivity index (χ1v) is 7.98. The van der Waals surface area contributed by atoms with Crippen LogP contribution in [0.15, 0.2) is 39.3 Å². The Morgan fingerprint density at radius 1 is 1.33 bits per heavy atom. The molecular weight excluding hydrogens is 356 g/mol. The summed E-state index contributed by atoms with van der Waals surface area (Å²) < 4.78 is 11.9. The Morgan fingerprint density at radius 3 is 2.81 bits per heavy atom. The Labute approximate surface area is 134 Å². The van der Waals surface area contributed by atoms with E-state index in [0.717, 1.165) is 26.4 Å². The van der Waals surface area contributed by atoms with Crippen molar-refractivity contribution in [1.29, 1.82) is 0 Å². The molecule has 0 aliphatic carbocycles. The molecule has 1 aliphatic heterocycles. The van der Waals surface area contributed by atoms with Crippen molar-refractivity contribution in [2.45, 2.75) is 6.61 Å². The number of amidine groups is 1. The van der Waals surface area contributed by atoms with Crippen LogP contribution < -0.4 is 15.2 Å². The quantitative estimate of drug-likeness (QED) is 0.511. The summed E-state index contributed by atoms with van der Waals surface area (Å²) in [6.45, 7) is 1.42. The van der Waals surface area contributed by atoms with Crippen molar-refractivity contribution >= 4 is 33.1 Å². The number of halogens is 1. The highest BCUT2D eigenvalue weighted by molar-refractivity contribution is 9.10.